The van der Waals surface area contributed by atoms with Gasteiger partial charge in [0.2, 0.25) is 0 Å². The minimum Gasteiger partial charge on any atom is -0.373 e. The van der Waals surface area contributed by atoms with Gasteiger partial charge in [0, 0.05) is 6.04 Å². The molecule has 4 atom stereocenters. The van der Waals surface area contributed by atoms with E-state index in [0.717, 1.165) is 12.5 Å². The Morgan fingerprint density at radius 1 is 1.22 bits per heavy atom. The van der Waals surface area contributed by atoms with Crippen LogP contribution in [0.25, 0.3) is 0 Å². The van der Waals surface area contributed by atoms with Crippen molar-refractivity contribution < 1.29 is 4.74 Å². The van der Waals surface area contributed by atoms with Gasteiger partial charge in [0.25, 0.3) is 0 Å². The Morgan fingerprint density at radius 2 is 2.00 bits per heavy atom. The van der Waals surface area contributed by atoms with E-state index in [1.807, 2.05) is 0 Å². The molecule has 0 bridgehead atoms. The molecule has 0 heterocycles. The number of hydrogen-bond donors (Lipinski definition) is 1. The number of ether oxygens (including phenoxy) is 1. The van der Waals surface area contributed by atoms with Gasteiger partial charge >= 0.3 is 0 Å². The van der Waals surface area contributed by atoms with Gasteiger partial charge in [-0.1, -0.05) is 40.5 Å². The second-order valence-electron chi connectivity index (χ2n) is 7.13. The van der Waals surface area contributed by atoms with E-state index >= 15 is 0 Å². The van der Waals surface area contributed by atoms with E-state index in [2.05, 4.69) is 33.0 Å². The molecule has 0 aromatic carbocycles. The van der Waals surface area contributed by atoms with E-state index in [1.54, 1.807) is 0 Å². The number of likely N-dealkylation sites (N-methyl/N-ethyl adjacent to an activating group) is 1. The number of hydrogen-bond acceptors (Lipinski definition) is 2. The fourth-order valence-electron chi connectivity index (χ4n) is 3.86. The molecule has 0 spiro atoms. The summed E-state index contributed by atoms with van der Waals surface area (Å²) in [4.78, 5) is 0. The average Bonchev–Trinajstić information content (AvgIpc) is 2.57. The quantitative estimate of drug-likeness (QED) is 0.824. The first-order chi connectivity index (χ1) is 8.53. The molecule has 2 nitrogen and oxygen atoms in total. The lowest BCUT2D eigenvalue weighted by atomic mass is 9.86. The Labute approximate surface area is 113 Å². The molecule has 0 aliphatic heterocycles. The molecule has 2 aliphatic carbocycles. The Hall–Kier alpha value is -0.0800. The largest absolute Gasteiger partial charge is 0.373 e. The normalized spacial score (nSPS) is 40.0. The van der Waals surface area contributed by atoms with Crippen molar-refractivity contribution >= 4 is 0 Å². The lowest BCUT2D eigenvalue weighted by Crippen LogP contribution is -2.46. The summed E-state index contributed by atoms with van der Waals surface area (Å²) in [6, 6.07) is 0.541. The van der Waals surface area contributed by atoms with Gasteiger partial charge in [-0.25, -0.2) is 0 Å². The lowest BCUT2D eigenvalue weighted by Gasteiger charge is -2.35. The van der Waals surface area contributed by atoms with Crippen molar-refractivity contribution in [3.05, 3.63) is 0 Å². The van der Waals surface area contributed by atoms with Gasteiger partial charge in [-0.2, -0.15) is 0 Å². The molecule has 1 N–H and O–H groups in total. The Kier molecular flexibility index (Phi) is 4.71. The highest BCUT2D eigenvalue weighted by Gasteiger charge is 2.43. The second kappa shape index (κ2) is 5.92. The molecule has 4 unspecified atom stereocenters. The SMILES string of the molecule is CCNC1C(OC2CCCC(C)C2)CCC1(C)C. The minimum atomic E-state index is 0.390. The first kappa shape index (κ1) is 14.3. The summed E-state index contributed by atoms with van der Waals surface area (Å²) in [5, 5.41) is 3.66. The molecule has 0 saturated heterocycles. The number of nitrogens with one attached hydrogen (secondary N) is 1. The third kappa shape index (κ3) is 3.27. The summed E-state index contributed by atoms with van der Waals surface area (Å²) >= 11 is 0. The van der Waals surface area contributed by atoms with Gasteiger partial charge < -0.3 is 10.1 Å². The predicted octanol–water partition coefficient (Wildman–Crippen LogP) is 3.75. The van der Waals surface area contributed by atoms with Gasteiger partial charge in [0.05, 0.1) is 12.2 Å². The minimum absolute atomic E-state index is 0.390. The van der Waals surface area contributed by atoms with Crippen LogP contribution in [-0.4, -0.2) is 24.8 Å². The van der Waals surface area contributed by atoms with Crippen LogP contribution in [0.3, 0.4) is 0 Å². The van der Waals surface area contributed by atoms with Crippen molar-refractivity contribution in [1.29, 1.82) is 0 Å². The molecule has 0 aromatic heterocycles. The summed E-state index contributed by atoms with van der Waals surface area (Å²) in [5.74, 6) is 0.857. The van der Waals surface area contributed by atoms with Crippen LogP contribution >= 0.6 is 0 Å². The molecular weight excluding hydrogens is 222 g/mol. The summed E-state index contributed by atoms with van der Waals surface area (Å²) in [6.45, 7) is 10.4. The molecule has 2 fully saturated rings. The smallest absolute Gasteiger partial charge is 0.0737 e. The maximum Gasteiger partial charge on any atom is 0.0737 e. The molecule has 0 radical (unpaired) electrons. The number of rotatable bonds is 4. The van der Waals surface area contributed by atoms with Crippen LogP contribution in [-0.2, 0) is 4.74 Å². The lowest BCUT2D eigenvalue weighted by molar-refractivity contribution is -0.0522. The molecule has 2 aliphatic rings. The summed E-state index contributed by atoms with van der Waals surface area (Å²) in [6.07, 6.45) is 8.79. The van der Waals surface area contributed by atoms with Crippen molar-refractivity contribution in [1.82, 2.24) is 5.32 Å². The van der Waals surface area contributed by atoms with Crippen molar-refractivity contribution in [2.45, 2.75) is 84.5 Å². The first-order valence-electron chi connectivity index (χ1n) is 7.91. The van der Waals surface area contributed by atoms with E-state index in [9.17, 15) is 0 Å². The van der Waals surface area contributed by atoms with Crippen LogP contribution in [0, 0.1) is 11.3 Å². The summed E-state index contributed by atoms with van der Waals surface area (Å²) < 4.78 is 6.46. The van der Waals surface area contributed by atoms with Gasteiger partial charge in [-0.05, 0) is 43.6 Å². The monoisotopic (exact) mass is 253 g/mol. The van der Waals surface area contributed by atoms with Crippen molar-refractivity contribution in [3.63, 3.8) is 0 Å². The zero-order chi connectivity index (χ0) is 13.2. The van der Waals surface area contributed by atoms with Crippen LogP contribution in [0.4, 0.5) is 0 Å². The van der Waals surface area contributed by atoms with Crippen LogP contribution < -0.4 is 5.32 Å². The van der Waals surface area contributed by atoms with Crippen LogP contribution in [0.5, 0.6) is 0 Å². The third-order valence-corrected chi connectivity index (χ3v) is 4.97. The van der Waals surface area contributed by atoms with Crippen LogP contribution in [0.2, 0.25) is 0 Å². The molecule has 2 rings (SSSR count). The molecule has 18 heavy (non-hydrogen) atoms. The standard InChI is InChI=1S/C16H31NO/c1-5-17-15-14(9-10-16(15,3)4)18-13-8-6-7-12(2)11-13/h12-15,17H,5-11H2,1-4H3. The average molecular weight is 253 g/mol. The van der Waals surface area contributed by atoms with Crippen molar-refractivity contribution in [2.75, 3.05) is 6.54 Å². The highest BCUT2D eigenvalue weighted by molar-refractivity contribution is 4.97. The summed E-state index contributed by atoms with van der Waals surface area (Å²) in [5.41, 5.74) is 0.390. The predicted molar refractivity (Wildman–Crippen MR) is 76.8 cm³/mol. The zero-order valence-corrected chi connectivity index (χ0v) is 12.7. The third-order valence-electron chi connectivity index (χ3n) is 4.97. The van der Waals surface area contributed by atoms with E-state index in [1.165, 1.54) is 38.5 Å². The van der Waals surface area contributed by atoms with Crippen LogP contribution in [0.1, 0.15) is 66.2 Å². The van der Waals surface area contributed by atoms with Crippen LogP contribution in [0.15, 0.2) is 0 Å². The van der Waals surface area contributed by atoms with Crippen molar-refractivity contribution in [3.8, 4) is 0 Å². The van der Waals surface area contributed by atoms with E-state index < -0.39 is 0 Å². The second-order valence-corrected chi connectivity index (χ2v) is 7.13. The Balaban J connectivity index is 1.91. The highest BCUT2D eigenvalue weighted by atomic mass is 16.5. The molecule has 0 aromatic rings. The molecule has 0 amide bonds. The molecule has 2 heteroatoms. The van der Waals surface area contributed by atoms with Gasteiger partial charge in [-0.3, -0.25) is 0 Å². The van der Waals surface area contributed by atoms with Gasteiger partial charge in [-0.15, -0.1) is 0 Å². The van der Waals surface area contributed by atoms with Gasteiger partial charge in [0.15, 0.2) is 0 Å². The topological polar surface area (TPSA) is 21.3 Å². The molecular formula is C16H31NO. The first-order valence-corrected chi connectivity index (χ1v) is 7.91. The maximum absolute atomic E-state index is 6.46. The van der Waals surface area contributed by atoms with E-state index in [-0.39, 0.29) is 0 Å². The fraction of sp³-hybridized carbons (Fsp3) is 1.00. The highest BCUT2D eigenvalue weighted by Crippen LogP contribution is 2.40. The summed E-state index contributed by atoms with van der Waals surface area (Å²) in [7, 11) is 0. The Morgan fingerprint density at radius 3 is 2.67 bits per heavy atom. The Bertz CT molecular complexity index is 264. The fourth-order valence-corrected chi connectivity index (χ4v) is 3.86. The maximum atomic E-state index is 6.46. The zero-order valence-electron chi connectivity index (χ0n) is 12.7. The van der Waals surface area contributed by atoms with E-state index in [4.69, 9.17) is 4.74 Å². The molecule has 2 saturated carbocycles. The van der Waals surface area contributed by atoms with E-state index in [0.29, 0.717) is 23.7 Å². The van der Waals surface area contributed by atoms with Crippen molar-refractivity contribution in [2.24, 2.45) is 11.3 Å². The van der Waals surface area contributed by atoms with Gasteiger partial charge in [0.1, 0.15) is 0 Å². The molecule has 106 valence electrons.